The Morgan fingerprint density at radius 1 is 1.20 bits per heavy atom. The van der Waals surface area contributed by atoms with Gasteiger partial charge < -0.3 is 10.6 Å². The maximum atomic E-state index is 13.0. The zero-order chi connectivity index (χ0) is 17.2. The van der Waals surface area contributed by atoms with Crippen molar-refractivity contribution in [2.24, 2.45) is 0 Å². The number of allylic oxidation sites excluding steroid dienone is 1. The van der Waals surface area contributed by atoms with Gasteiger partial charge in [0.25, 0.3) is 5.91 Å². The Hall–Kier alpha value is -3.62. The molecular weight excluding hydrogens is 320 g/mol. The van der Waals surface area contributed by atoms with Crippen molar-refractivity contribution in [3.05, 3.63) is 65.9 Å². The summed E-state index contributed by atoms with van der Waals surface area (Å²) in [7, 11) is 0. The van der Waals surface area contributed by atoms with Crippen molar-refractivity contribution < 1.29 is 4.79 Å². The standard InChI is InChI=1S/C16H14N8O/c1-10-13(15(25)20-12-5-3-7-18-9-12)14(11-4-2-6-17-8-11)24-16(19-10)21-22-23-24/h2-9,14H,1H3,(H,20,25)(H,19,21,23)/t14-/m1/s1. The summed E-state index contributed by atoms with van der Waals surface area (Å²) in [4.78, 5) is 21.1. The summed E-state index contributed by atoms with van der Waals surface area (Å²) in [5.74, 6) is 0.220. The smallest absolute Gasteiger partial charge is 0.255 e. The Labute approximate surface area is 142 Å². The van der Waals surface area contributed by atoms with Gasteiger partial charge in [-0.2, -0.15) is 4.68 Å². The van der Waals surface area contributed by atoms with E-state index in [9.17, 15) is 4.79 Å². The Bertz CT molecular complexity index is 935. The molecule has 9 nitrogen and oxygen atoms in total. The first-order valence-corrected chi connectivity index (χ1v) is 7.61. The molecule has 4 heterocycles. The molecule has 1 aliphatic heterocycles. The molecule has 25 heavy (non-hydrogen) atoms. The van der Waals surface area contributed by atoms with E-state index in [4.69, 9.17) is 0 Å². The van der Waals surface area contributed by atoms with Gasteiger partial charge in [0.1, 0.15) is 6.04 Å². The second kappa shape index (κ2) is 6.11. The summed E-state index contributed by atoms with van der Waals surface area (Å²) in [6.45, 7) is 1.82. The molecule has 0 unspecified atom stereocenters. The summed E-state index contributed by atoms with van der Waals surface area (Å²) in [6, 6.07) is 6.76. The third-order valence-corrected chi connectivity index (χ3v) is 3.88. The number of hydrogen-bond acceptors (Lipinski definition) is 7. The summed E-state index contributed by atoms with van der Waals surface area (Å²) in [5.41, 5.74) is 2.61. The molecule has 3 aromatic heterocycles. The summed E-state index contributed by atoms with van der Waals surface area (Å²) in [5, 5.41) is 17.6. The van der Waals surface area contributed by atoms with E-state index in [1.807, 2.05) is 19.1 Å². The third kappa shape index (κ3) is 2.71. The first-order valence-electron chi connectivity index (χ1n) is 7.61. The number of pyridine rings is 2. The average molecular weight is 334 g/mol. The number of amides is 1. The fourth-order valence-electron chi connectivity index (χ4n) is 2.79. The molecule has 4 rings (SSSR count). The second-order valence-electron chi connectivity index (χ2n) is 5.50. The number of rotatable bonds is 3. The number of fused-ring (bicyclic) bond motifs is 1. The highest BCUT2D eigenvalue weighted by Crippen LogP contribution is 2.34. The van der Waals surface area contributed by atoms with E-state index in [2.05, 4.69) is 36.1 Å². The van der Waals surface area contributed by atoms with Gasteiger partial charge in [-0.25, -0.2) is 0 Å². The minimum Gasteiger partial charge on any atom is -0.326 e. The van der Waals surface area contributed by atoms with Crippen LogP contribution in [0.25, 0.3) is 0 Å². The fourth-order valence-corrected chi connectivity index (χ4v) is 2.79. The van der Waals surface area contributed by atoms with Gasteiger partial charge in [-0.15, -0.1) is 0 Å². The minimum atomic E-state index is -0.475. The van der Waals surface area contributed by atoms with Gasteiger partial charge in [-0.05, 0) is 41.1 Å². The van der Waals surface area contributed by atoms with Gasteiger partial charge in [0, 0.05) is 24.3 Å². The Morgan fingerprint density at radius 3 is 2.72 bits per heavy atom. The Morgan fingerprint density at radius 2 is 2.00 bits per heavy atom. The maximum absolute atomic E-state index is 13.0. The second-order valence-corrected chi connectivity index (χ2v) is 5.50. The van der Waals surface area contributed by atoms with Crippen LogP contribution >= 0.6 is 0 Å². The van der Waals surface area contributed by atoms with Crippen LogP contribution in [-0.4, -0.2) is 36.1 Å². The summed E-state index contributed by atoms with van der Waals surface area (Å²) < 4.78 is 1.57. The van der Waals surface area contributed by atoms with Gasteiger partial charge >= 0.3 is 0 Å². The van der Waals surface area contributed by atoms with E-state index in [-0.39, 0.29) is 5.91 Å². The van der Waals surface area contributed by atoms with Crippen LogP contribution in [-0.2, 0) is 4.79 Å². The molecule has 0 bridgehead atoms. The van der Waals surface area contributed by atoms with Gasteiger partial charge in [0.15, 0.2) is 0 Å². The van der Waals surface area contributed by atoms with E-state index in [0.29, 0.717) is 22.9 Å². The molecule has 0 aromatic carbocycles. The molecule has 1 aliphatic rings. The molecule has 3 aromatic rings. The highest BCUT2D eigenvalue weighted by molar-refractivity contribution is 6.05. The molecule has 0 fully saturated rings. The van der Waals surface area contributed by atoms with Crippen LogP contribution < -0.4 is 10.6 Å². The molecule has 0 radical (unpaired) electrons. The van der Waals surface area contributed by atoms with Crippen molar-refractivity contribution in [1.29, 1.82) is 0 Å². The van der Waals surface area contributed by atoms with Gasteiger partial charge in [0.2, 0.25) is 5.95 Å². The summed E-state index contributed by atoms with van der Waals surface area (Å²) in [6.07, 6.45) is 6.61. The molecule has 0 aliphatic carbocycles. The Kier molecular flexibility index (Phi) is 3.65. The lowest BCUT2D eigenvalue weighted by Gasteiger charge is -2.27. The summed E-state index contributed by atoms with van der Waals surface area (Å²) >= 11 is 0. The van der Waals surface area contributed by atoms with Crippen LogP contribution in [0.5, 0.6) is 0 Å². The minimum absolute atomic E-state index is 0.256. The monoisotopic (exact) mass is 334 g/mol. The predicted octanol–water partition coefficient (Wildman–Crippen LogP) is 1.39. The molecule has 0 saturated heterocycles. The number of carbonyl (C=O) groups excluding carboxylic acids is 1. The molecular formula is C16H14N8O. The normalized spacial score (nSPS) is 16.1. The van der Waals surface area contributed by atoms with E-state index in [1.165, 1.54) is 0 Å². The number of anilines is 2. The van der Waals surface area contributed by atoms with Crippen LogP contribution in [0.4, 0.5) is 11.6 Å². The van der Waals surface area contributed by atoms with Gasteiger partial charge in [-0.3, -0.25) is 14.8 Å². The SMILES string of the molecule is CC1=C(C(=O)Nc2cccnc2)[C@@H](c2cccnc2)n2nnnc2N1. The molecule has 1 atom stereocenters. The number of carbonyl (C=O) groups is 1. The maximum Gasteiger partial charge on any atom is 0.255 e. The van der Waals surface area contributed by atoms with E-state index in [0.717, 1.165) is 5.56 Å². The van der Waals surface area contributed by atoms with Crippen LogP contribution in [0.15, 0.2) is 60.3 Å². The van der Waals surface area contributed by atoms with Gasteiger partial charge in [0.05, 0.1) is 17.5 Å². The zero-order valence-corrected chi connectivity index (χ0v) is 13.3. The molecule has 0 saturated carbocycles. The van der Waals surface area contributed by atoms with Crippen LogP contribution in [0, 0.1) is 0 Å². The van der Waals surface area contributed by atoms with Crippen molar-refractivity contribution in [3.8, 4) is 0 Å². The van der Waals surface area contributed by atoms with Crippen molar-refractivity contribution in [2.75, 3.05) is 10.6 Å². The van der Waals surface area contributed by atoms with Crippen molar-refractivity contribution in [3.63, 3.8) is 0 Å². The quantitative estimate of drug-likeness (QED) is 0.744. The van der Waals surface area contributed by atoms with E-state index < -0.39 is 6.04 Å². The van der Waals surface area contributed by atoms with E-state index >= 15 is 0 Å². The number of aromatic nitrogens is 6. The highest BCUT2D eigenvalue weighted by Gasteiger charge is 2.34. The van der Waals surface area contributed by atoms with Crippen LogP contribution in [0.2, 0.25) is 0 Å². The lowest BCUT2D eigenvalue weighted by Crippen LogP contribution is -2.31. The first-order chi connectivity index (χ1) is 12.2. The van der Waals surface area contributed by atoms with E-state index in [1.54, 1.807) is 41.6 Å². The number of tetrazole rings is 1. The van der Waals surface area contributed by atoms with Crippen molar-refractivity contribution >= 4 is 17.5 Å². The predicted molar refractivity (Wildman–Crippen MR) is 89.4 cm³/mol. The molecule has 124 valence electrons. The topological polar surface area (TPSA) is 111 Å². The largest absolute Gasteiger partial charge is 0.326 e. The van der Waals surface area contributed by atoms with Crippen LogP contribution in [0.3, 0.4) is 0 Å². The lowest BCUT2D eigenvalue weighted by atomic mass is 9.96. The fraction of sp³-hybridized carbons (Fsp3) is 0.125. The van der Waals surface area contributed by atoms with Crippen molar-refractivity contribution in [2.45, 2.75) is 13.0 Å². The number of nitrogens with one attached hydrogen (secondary N) is 2. The van der Waals surface area contributed by atoms with Crippen LogP contribution in [0.1, 0.15) is 18.5 Å². The lowest BCUT2D eigenvalue weighted by molar-refractivity contribution is -0.113. The number of hydrogen-bond donors (Lipinski definition) is 2. The average Bonchev–Trinajstić information content (AvgIpc) is 3.10. The Balaban J connectivity index is 1.77. The molecule has 2 N–H and O–H groups in total. The van der Waals surface area contributed by atoms with Gasteiger partial charge in [-0.1, -0.05) is 11.2 Å². The third-order valence-electron chi connectivity index (χ3n) is 3.88. The zero-order valence-electron chi connectivity index (χ0n) is 13.3. The molecule has 9 heteroatoms. The first kappa shape index (κ1) is 14.9. The molecule has 1 amide bonds. The molecule has 0 spiro atoms. The number of nitrogens with zero attached hydrogens (tertiary/aromatic N) is 6. The highest BCUT2D eigenvalue weighted by atomic mass is 16.1. The van der Waals surface area contributed by atoms with Crippen molar-refractivity contribution in [1.82, 2.24) is 30.2 Å².